The number of fused-ring (bicyclic) bond motifs is 1. The van der Waals surface area contributed by atoms with Crippen LogP contribution >= 0.6 is 0 Å². The van der Waals surface area contributed by atoms with Crippen LogP contribution in [0, 0.1) is 0 Å². The number of hydrogen-bond acceptors (Lipinski definition) is 3. The molecular formula is C12H18N2O2. The zero-order valence-corrected chi connectivity index (χ0v) is 9.57. The summed E-state index contributed by atoms with van der Waals surface area (Å²) in [4.78, 5) is 11.8. The Hall–Kier alpha value is -1.13. The first kappa shape index (κ1) is 11.4. The van der Waals surface area contributed by atoms with Gasteiger partial charge in [-0.25, -0.2) is 0 Å². The van der Waals surface area contributed by atoms with Gasteiger partial charge in [-0.05, 0) is 31.9 Å². The topological polar surface area (TPSA) is 54.3 Å². The fourth-order valence-electron chi connectivity index (χ4n) is 2.34. The summed E-state index contributed by atoms with van der Waals surface area (Å²) >= 11 is 0. The Morgan fingerprint density at radius 2 is 2.31 bits per heavy atom. The molecule has 16 heavy (non-hydrogen) atoms. The molecule has 0 bridgehead atoms. The molecule has 1 aromatic rings. The van der Waals surface area contributed by atoms with Gasteiger partial charge in [0.1, 0.15) is 0 Å². The fourth-order valence-corrected chi connectivity index (χ4v) is 2.34. The maximum atomic E-state index is 11.8. The summed E-state index contributed by atoms with van der Waals surface area (Å²) in [6.45, 7) is 0.902. The van der Waals surface area contributed by atoms with Crippen LogP contribution in [0.15, 0.2) is 16.9 Å². The number of nitrogens with one attached hydrogen (secondary N) is 1. The van der Waals surface area contributed by atoms with E-state index >= 15 is 0 Å². The van der Waals surface area contributed by atoms with Crippen molar-refractivity contribution >= 4 is 0 Å². The number of aryl methyl sites for hydroxylation is 1. The van der Waals surface area contributed by atoms with Crippen molar-refractivity contribution in [1.29, 1.82) is 0 Å². The van der Waals surface area contributed by atoms with Gasteiger partial charge in [-0.2, -0.15) is 0 Å². The van der Waals surface area contributed by atoms with Gasteiger partial charge in [0.05, 0.1) is 12.6 Å². The first-order chi connectivity index (χ1) is 7.72. The van der Waals surface area contributed by atoms with Gasteiger partial charge in [0, 0.05) is 18.3 Å². The monoisotopic (exact) mass is 222 g/mol. The van der Waals surface area contributed by atoms with Crippen LogP contribution in [0.4, 0.5) is 0 Å². The van der Waals surface area contributed by atoms with E-state index in [2.05, 4.69) is 5.32 Å². The lowest BCUT2D eigenvalue weighted by Gasteiger charge is -2.15. The molecule has 2 rings (SSSR count). The minimum atomic E-state index is -0.505. The van der Waals surface area contributed by atoms with Crippen molar-refractivity contribution in [3.8, 4) is 0 Å². The molecule has 4 heteroatoms. The smallest absolute Gasteiger partial charge is 0.250 e. The molecular weight excluding hydrogens is 204 g/mol. The largest absolute Gasteiger partial charge is 0.390 e. The van der Waals surface area contributed by atoms with Crippen LogP contribution < -0.4 is 10.9 Å². The molecule has 1 aromatic heterocycles. The van der Waals surface area contributed by atoms with Gasteiger partial charge in [0.25, 0.3) is 5.56 Å². The number of aliphatic hydroxyl groups excluding tert-OH is 1. The summed E-state index contributed by atoms with van der Waals surface area (Å²) < 4.78 is 1.73. The summed E-state index contributed by atoms with van der Waals surface area (Å²) in [6, 6.07) is 3.53. The number of aliphatic hydroxyl groups is 1. The minimum Gasteiger partial charge on any atom is -0.390 e. The molecule has 1 heterocycles. The molecule has 0 aliphatic heterocycles. The zero-order chi connectivity index (χ0) is 11.5. The van der Waals surface area contributed by atoms with Crippen LogP contribution in [0.2, 0.25) is 0 Å². The van der Waals surface area contributed by atoms with E-state index in [9.17, 15) is 9.90 Å². The quantitative estimate of drug-likeness (QED) is 0.749. The molecule has 0 amide bonds. The third-order valence-electron chi connectivity index (χ3n) is 3.08. The second-order valence-corrected chi connectivity index (χ2v) is 4.32. The second-order valence-electron chi connectivity index (χ2n) is 4.32. The zero-order valence-electron chi connectivity index (χ0n) is 9.57. The molecule has 0 aromatic carbocycles. The molecule has 1 unspecified atom stereocenters. The number of rotatable bonds is 4. The Morgan fingerprint density at radius 1 is 1.50 bits per heavy atom. The van der Waals surface area contributed by atoms with Crippen LogP contribution in [0.5, 0.6) is 0 Å². The van der Waals surface area contributed by atoms with E-state index in [1.807, 2.05) is 6.07 Å². The molecule has 0 radical (unpaired) electrons. The van der Waals surface area contributed by atoms with Crippen molar-refractivity contribution in [2.45, 2.75) is 31.9 Å². The summed E-state index contributed by atoms with van der Waals surface area (Å²) in [5.74, 6) is 0. The lowest BCUT2D eigenvalue weighted by Crippen LogP contribution is -2.33. The summed E-state index contributed by atoms with van der Waals surface area (Å²) in [5, 5.41) is 12.6. The van der Waals surface area contributed by atoms with E-state index in [0.29, 0.717) is 13.1 Å². The van der Waals surface area contributed by atoms with Gasteiger partial charge in [0.15, 0.2) is 0 Å². The number of nitrogens with zero attached hydrogens (tertiary/aromatic N) is 1. The summed E-state index contributed by atoms with van der Waals surface area (Å²) in [5.41, 5.74) is 2.37. The molecule has 0 saturated carbocycles. The summed E-state index contributed by atoms with van der Waals surface area (Å²) in [7, 11) is 1.79. The van der Waals surface area contributed by atoms with Crippen LogP contribution in [-0.4, -0.2) is 29.4 Å². The number of likely N-dealkylation sites (N-methyl/N-ethyl adjacent to an activating group) is 1. The molecule has 0 fully saturated rings. The Bertz CT molecular complexity index is 426. The van der Waals surface area contributed by atoms with Crippen molar-refractivity contribution in [1.82, 2.24) is 9.88 Å². The molecule has 0 spiro atoms. The van der Waals surface area contributed by atoms with Crippen molar-refractivity contribution in [2.75, 3.05) is 13.6 Å². The molecule has 4 nitrogen and oxygen atoms in total. The van der Waals surface area contributed by atoms with Crippen LogP contribution in [0.1, 0.15) is 17.7 Å². The standard InChI is InChI=1S/C12H18N2O2/c1-13-7-10(15)8-14-11-4-2-3-9(11)5-6-12(14)16/h5-6,10,13,15H,2-4,7-8H2,1H3. The normalized spacial score (nSPS) is 16.1. The van der Waals surface area contributed by atoms with Crippen LogP contribution in [0.3, 0.4) is 0 Å². The highest BCUT2D eigenvalue weighted by Gasteiger charge is 2.17. The average Bonchev–Trinajstić information content (AvgIpc) is 2.71. The number of aromatic nitrogens is 1. The van der Waals surface area contributed by atoms with Crippen molar-refractivity contribution < 1.29 is 5.11 Å². The first-order valence-corrected chi connectivity index (χ1v) is 5.76. The van der Waals surface area contributed by atoms with E-state index in [0.717, 1.165) is 25.0 Å². The predicted molar refractivity (Wildman–Crippen MR) is 62.7 cm³/mol. The minimum absolute atomic E-state index is 0.00389. The van der Waals surface area contributed by atoms with Gasteiger partial charge >= 0.3 is 0 Å². The number of pyridine rings is 1. The van der Waals surface area contributed by atoms with Gasteiger partial charge in [-0.3, -0.25) is 4.79 Å². The summed E-state index contributed by atoms with van der Waals surface area (Å²) in [6.07, 6.45) is 2.62. The van der Waals surface area contributed by atoms with E-state index in [-0.39, 0.29) is 5.56 Å². The van der Waals surface area contributed by atoms with E-state index in [1.54, 1.807) is 17.7 Å². The second kappa shape index (κ2) is 4.80. The lowest BCUT2D eigenvalue weighted by atomic mass is 10.2. The predicted octanol–water partition coefficient (Wildman–Crippen LogP) is -0.0827. The SMILES string of the molecule is CNCC(O)Cn1c2c(ccc1=O)CCC2. The fraction of sp³-hybridized carbons (Fsp3) is 0.583. The van der Waals surface area contributed by atoms with Crippen LogP contribution in [0.25, 0.3) is 0 Å². The van der Waals surface area contributed by atoms with Crippen LogP contribution in [-0.2, 0) is 19.4 Å². The molecule has 2 N–H and O–H groups in total. The van der Waals surface area contributed by atoms with Crippen molar-refractivity contribution in [3.05, 3.63) is 33.7 Å². The van der Waals surface area contributed by atoms with Crippen molar-refractivity contribution in [2.24, 2.45) is 0 Å². The Balaban J connectivity index is 2.26. The Kier molecular flexibility index (Phi) is 3.41. The van der Waals surface area contributed by atoms with Gasteiger partial charge in [-0.15, -0.1) is 0 Å². The first-order valence-electron chi connectivity index (χ1n) is 5.76. The number of hydrogen-bond donors (Lipinski definition) is 2. The molecule has 0 saturated heterocycles. The van der Waals surface area contributed by atoms with E-state index in [4.69, 9.17) is 0 Å². The van der Waals surface area contributed by atoms with Gasteiger partial charge in [-0.1, -0.05) is 6.07 Å². The highest BCUT2D eigenvalue weighted by atomic mass is 16.3. The van der Waals surface area contributed by atoms with E-state index in [1.165, 1.54) is 5.56 Å². The molecule has 1 atom stereocenters. The molecule has 88 valence electrons. The third-order valence-corrected chi connectivity index (χ3v) is 3.08. The van der Waals surface area contributed by atoms with Crippen molar-refractivity contribution in [3.63, 3.8) is 0 Å². The van der Waals surface area contributed by atoms with Gasteiger partial charge in [0.2, 0.25) is 0 Å². The average molecular weight is 222 g/mol. The molecule has 1 aliphatic rings. The third kappa shape index (κ3) is 2.18. The highest BCUT2D eigenvalue weighted by molar-refractivity contribution is 5.25. The maximum Gasteiger partial charge on any atom is 0.250 e. The molecule has 1 aliphatic carbocycles. The maximum absolute atomic E-state index is 11.8. The van der Waals surface area contributed by atoms with E-state index < -0.39 is 6.10 Å². The lowest BCUT2D eigenvalue weighted by molar-refractivity contribution is 0.151. The highest BCUT2D eigenvalue weighted by Crippen LogP contribution is 2.19. The van der Waals surface area contributed by atoms with Gasteiger partial charge < -0.3 is 15.0 Å². The Labute approximate surface area is 94.9 Å². The Morgan fingerprint density at radius 3 is 3.06 bits per heavy atom.